The third kappa shape index (κ3) is 1.33. The van der Waals surface area contributed by atoms with Gasteiger partial charge in [-0.05, 0) is 23.8 Å². The minimum atomic E-state index is -0.0279. The molecule has 14 heavy (non-hydrogen) atoms. The summed E-state index contributed by atoms with van der Waals surface area (Å²) in [7, 11) is 0. The predicted octanol–water partition coefficient (Wildman–Crippen LogP) is 1.85. The lowest BCUT2D eigenvalue weighted by Gasteiger charge is -1.99. The van der Waals surface area contributed by atoms with Crippen molar-refractivity contribution in [2.24, 2.45) is 0 Å². The molecule has 2 rings (SSSR count). The number of aliphatic hydroxyl groups is 1. The van der Waals surface area contributed by atoms with Gasteiger partial charge in [-0.15, -0.1) is 11.3 Å². The number of nitrogens with two attached hydrogens (primary N) is 1. The van der Waals surface area contributed by atoms with Gasteiger partial charge < -0.3 is 10.8 Å². The van der Waals surface area contributed by atoms with Crippen molar-refractivity contribution in [2.45, 2.75) is 6.61 Å². The van der Waals surface area contributed by atoms with E-state index in [2.05, 4.69) is 6.07 Å². The molecule has 0 saturated carbocycles. The fraction of sp³-hybridized carbons (Fsp3) is 0.100. The highest BCUT2D eigenvalue weighted by Gasteiger charge is 2.05. The Labute approximate surface area is 85.0 Å². The van der Waals surface area contributed by atoms with Gasteiger partial charge in [-0.25, -0.2) is 0 Å². The molecule has 70 valence electrons. The van der Waals surface area contributed by atoms with Crippen molar-refractivity contribution in [2.75, 3.05) is 5.73 Å². The maximum Gasteiger partial charge on any atom is 0.110 e. The maximum atomic E-state index is 8.97. The largest absolute Gasteiger partial charge is 0.398 e. The number of nitrogen functional groups attached to an aromatic ring is 1. The molecule has 0 unspecified atom stereocenters. The van der Waals surface area contributed by atoms with E-state index in [1.807, 2.05) is 6.07 Å². The fourth-order valence-electron chi connectivity index (χ4n) is 1.37. The standard InChI is InChI=1S/C10H8N2OS/c11-4-7-3-8-9(12)1-6(5-13)2-10(8)14-7/h1-3,13H,5,12H2. The number of nitriles is 1. The van der Waals surface area contributed by atoms with Crippen LogP contribution in [0.3, 0.4) is 0 Å². The van der Waals surface area contributed by atoms with Gasteiger partial charge in [0.2, 0.25) is 0 Å². The number of rotatable bonds is 1. The highest BCUT2D eigenvalue weighted by atomic mass is 32.1. The van der Waals surface area contributed by atoms with Gasteiger partial charge in [0.25, 0.3) is 0 Å². The molecule has 0 aliphatic heterocycles. The number of nitrogens with zero attached hydrogens (tertiary/aromatic N) is 1. The minimum Gasteiger partial charge on any atom is -0.398 e. The lowest BCUT2D eigenvalue weighted by molar-refractivity contribution is 0.282. The molecule has 1 aromatic heterocycles. The van der Waals surface area contributed by atoms with E-state index in [9.17, 15) is 0 Å². The quantitative estimate of drug-likeness (QED) is 0.696. The molecule has 0 atom stereocenters. The van der Waals surface area contributed by atoms with Gasteiger partial charge in [0, 0.05) is 15.8 Å². The summed E-state index contributed by atoms with van der Waals surface area (Å²) in [5, 5.41) is 18.6. The van der Waals surface area contributed by atoms with Crippen LogP contribution in [0, 0.1) is 11.3 Å². The van der Waals surface area contributed by atoms with E-state index in [-0.39, 0.29) is 6.61 Å². The summed E-state index contributed by atoms with van der Waals surface area (Å²) in [6.45, 7) is -0.0279. The third-order valence-electron chi connectivity index (χ3n) is 2.02. The van der Waals surface area contributed by atoms with Crippen LogP contribution in [0.5, 0.6) is 0 Å². The molecule has 3 N–H and O–H groups in total. The summed E-state index contributed by atoms with van der Waals surface area (Å²) in [6, 6.07) is 7.45. The number of hydrogen-bond acceptors (Lipinski definition) is 4. The van der Waals surface area contributed by atoms with Gasteiger partial charge in [0.15, 0.2) is 0 Å². The second kappa shape index (κ2) is 3.29. The molecule has 1 aromatic carbocycles. The zero-order chi connectivity index (χ0) is 10.1. The molecule has 0 aliphatic carbocycles. The minimum absolute atomic E-state index is 0.0279. The van der Waals surface area contributed by atoms with Crippen LogP contribution in [0.2, 0.25) is 0 Å². The molecule has 0 saturated heterocycles. The van der Waals surface area contributed by atoms with E-state index in [4.69, 9.17) is 16.1 Å². The lowest BCUT2D eigenvalue weighted by Crippen LogP contribution is -1.89. The van der Waals surface area contributed by atoms with Gasteiger partial charge in [0.05, 0.1) is 6.61 Å². The Kier molecular flexibility index (Phi) is 2.12. The third-order valence-corrected chi connectivity index (χ3v) is 3.01. The van der Waals surface area contributed by atoms with Crippen LogP contribution >= 0.6 is 11.3 Å². The Hall–Kier alpha value is -1.57. The van der Waals surface area contributed by atoms with Gasteiger partial charge in [-0.3, -0.25) is 0 Å². The first-order valence-electron chi connectivity index (χ1n) is 4.07. The number of thiophene rings is 1. The Bertz CT molecular complexity index is 525. The predicted molar refractivity (Wildman–Crippen MR) is 56.9 cm³/mol. The number of benzene rings is 1. The highest BCUT2D eigenvalue weighted by Crippen LogP contribution is 2.30. The average molecular weight is 204 g/mol. The number of aliphatic hydroxyl groups excluding tert-OH is 1. The number of hydrogen-bond donors (Lipinski definition) is 2. The van der Waals surface area contributed by atoms with E-state index < -0.39 is 0 Å². The van der Waals surface area contributed by atoms with Crippen molar-refractivity contribution >= 4 is 27.1 Å². The zero-order valence-electron chi connectivity index (χ0n) is 7.32. The first-order chi connectivity index (χ1) is 6.74. The molecule has 0 fully saturated rings. The lowest BCUT2D eigenvalue weighted by atomic mass is 10.1. The van der Waals surface area contributed by atoms with E-state index in [0.717, 1.165) is 15.6 Å². The van der Waals surface area contributed by atoms with Crippen LogP contribution < -0.4 is 5.73 Å². The maximum absolute atomic E-state index is 8.97. The monoisotopic (exact) mass is 204 g/mol. The molecule has 1 heterocycles. The van der Waals surface area contributed by atoms with Crippen molar-refractivity contribution in [3.05, 3.63) is 28.6 Å². The van der Waals surface area contributed by atoms with Crippen molar-refractivity contribution < 1.29 is 5.11 Å². The Morgan fingerprint density at radius 1 is 1.43 bits per heavy atom. The summed E-state index contributed by atoms with van der Waals surface area (Å²) in [5.74, 6) is 0. The summed E-state index contributed by atoms with van der Waals surface area (Å²) in [4.78, 5) is 0.641. The van der Waals surface area contributed by atoms with Crippen LogP contribution in [0.1, 0.15) is 10.4 Å². The van der Waals surface area contributed by atoms with Gasteiger partial charge in [-0.1, -0.05) is 0 Å². The van der Waals surface area contributed by atoms with Gasteiger partial charge >= 0.3 is 0 Å². The summed E-state index contributed by atoms with van der Waals surface area (Å²) < 4.78 is 0.950. The van der Waals surface area contributed by atoms with Crippen LogP contribution in [-0.4, -0.2) is 5.11 Å². The van der Waals surface area contributed by atoms with E-state index in [1.54, 1.807) is 12.1 Å². The molecule has 0 aliphatic rings. The smallest absolute Gasteiger partial charge is 0.110 e. The fourth-order valence-corrected chi connectivity index (χ4v) is 2.33. The highest BCUT2D eigenvalue weighted by molar-refractivity contribution is 7.19. The van der Waals surface area contributed by atoms with E-state index in [0.29, 0.717) is 10.6 Å². The number of fused-ring (bicyclic) bond motifs is 1. The molecule has 3 nitrogen and oxygen atoms in total. The molecule has 0 amide bonds. The Morgan fingerprint density at radius 2 is 2.21 bits per heavy atom. The Morgan fingerprint density at radius 3 is 2.86 bits per heavy atom. The first-order valence-corrected chi connectivity index (χ1v) is 4.89. The van der Waals surface area contributed by atoms with E-state index >= 15 is 0 Å². The van der Waals surface area contributed by atoms with Gasteiger partial charge in [-0.2, -0.15) is 5.26 Å². The van der Waals surface area contributed by atoms with Crippen molar-refractivity contribution in [3.8, 4) is 6.07 Å². The average Bonchev–Trinajstić information content (AvgIpc) is 2.61. The summed E-state index contributed by atoms with van der Waals surface area (Å²) in [6.07, 6.45) is 0. The van der Waals surface area contributed by atoms with Crippen LogP contribution in [0.25, 0.3) is 10.1 Å². The number of anilines is 1. The van der Waals surface area contributed by atoms with Crippen LogP contribution in [0.15, 0.2) is 18.2 Å². The van der Waals surface area contributed by atoms with Crippen LogP contribution in [-0.2, 0) is 6.61 Å². The van der Waals surface area contributed by atoms with E-state index in [1.165, 1.54) is 11.3 Å². The Balaban J connectivity index is 2.75. The SMILES string of the molecule is N#Cc1cc2c(N)cc(CO)cc2s1. The second-order valence-corrected chi connectivity index (χ2v) is 4.06. The first kappa shape index (κ1) is 9.00. The summed E-state index contributed by atoms with van der Waals surface area (Å²) >= 11 is 1.39. The van der Waals surface area contributed by atoms with Crippen molar-refractivity contribution in [1.82, 2.24) is 0 Å². The molecule has 4 heteroatoms. The zero-order valence-corrected chi connectivity index (χ0v) is 8.14. The van der Waals surface area contributed by atoms with Crippen LogP contribution in [0.4, 0.5) is 5.69 Å². The molecular formula is C10H8N2OS. The van der Waals surface area contributed by atoms with Gasteiger partial charge in [0.1, 0.15) is 10.9 Å². The molecule has 0 radical (unpaired) electrons. The molecule has 0 spiro atoms. The molecular weight excluding hydrogens is 196 g/mol. The topological polar surface area (TPSA) is 70.0 Å². The summed E-state index contributed by atoms with van der Waals surface area (Å²) in [5.41, 5.74) is 7.18. The second-order valence-electron chi connectivity index (χ2n) is 2.98. The van der Waals surface area contributed by atoms with Crippen molar-refractivity contribution in [1.29, 1.82) is 5.26 Å². The van der Waals surface area contributed by atoms with Crippen molar-refractivity contribution in [3.63, 3.8) is 0 Å². The molecule has 0 bridgehead atoms. The normalized spacial score (nSPS) is 10.3. The molecule has 2 aromatic rings.